The fourth-order valence-corrected chi connectivity index (χ4v) is 0.701. The fourth-order valence-electron chi connectivity index (χ4n) is 0.701. The summed E-state index contributed by atoms with van der Waals surface area (Å²) in [5.74, 6) is -0.0502. The largest absolute Gasteiger partial charge is 0.394 e. The van der Waals surface area contributed by atoms with E-state index in [2.05, 4.69) is 5.18 Å². The van der Waals surface area contributed by atoms with Crippen LogP contribution >= 0.6 is 0 Å². The molecule has 0 aliphatic carbocycles. The van der Waals surface area contributed by atoms with Crippen LogP contribution in [0.2, 0.25) is 0 Å². The van der Waals surface area contributed by atoms with E-state index in [4.69, 9.17) is 5.11 Å². The zero-order chi connectivity index (χ0) is 8.69. The number of aliphatic hydroxyl groups is 1. The predicted octanol–water partition coefficient (Wildman–Crippen LogP) is 0.729. The second-order valence-corrected chi connectivity index (χ2v) is 2.63. The Kier molecular flexibility index (Phi) is 5.56. The van der Waals surface area contributed by atoms with Crippen molar-refractivity contribution in [2.24, 2.45) is 11.1 Å². The van der Waals surface area contributed by atoms with Crippen LogP contribution in [0, 0.1) is 10.8 Å². The van der Waals surface area contributed by atoms with E-state index in [-0.39, 0.29) is 12.5 Å². The quantitative estimate of drug-likeness (QED) is 0.459. The minimum Gasteiger partial charge on any atom is -0.394 e. The van der Waals surface area contributed by atoms with Crippen molar-refractivity contribution in [3.05, 3.63) is 4.91 Å². The van der Waals surface area contributed by atoms with Gasteiger partial charge in [-0.2, -0.15) is 4.91 Å². The summed E-state index contributed by atoms with van der Waals surface area (Å²) in [6.45, 7) is 1.54. The Labute approximate surface area is 65.6 Å². The summed E-state index contributed by atoms with van der Waals surface area (Å²) in [5, 5.41) is 11.2. The van der Waals surface area contributed by atoms with Gasteiger partial charge in [-0.1, -0.05) is 12.1 Å². The Morgan fingerprint density at radius 1 is 1.55 bits per heavy atom. The molecule has 0 aromatic rings. The molecular weight excluding hydrogens is 146 g/mol. The van der Waals surface area contributed by atoms with Gasteiger partial charge in [0, 0.05) is 5.92 Å². The first-order valence-electron chi connectivity index (χ1n) is 3.63. The Hall–Kier alpha value is -0.770. The normalized spacial score (nSPS) is 15.5. The maximum atomic E-state index is 10.1. The number of aldehydes is 1. The van der Waals surface area contributed by atoms with Crippen LogP contribution in [0.4, 0.5) is 0 Å². The van der Waals surface area contributed by atoms with Crippen molar-refractivity contribution in [1.82, 2.24) is 0 Å². The lowest BCUT2D eigenvalue weighted by Gasteiger charge is -2.05. The van der Waals surface area contributed by atoms with Crippen molar-refractivity contribution in [3.63, 3.8) is 0 Å². The highest BCUT2D eigenvalue weighted by Gasteiger charge is 2.08. The lowest BCUT2D eigenvalue weighted by molar-refractivity contribution is -0.110. The number of hydrogen-bond acceptors (Lipinski definition) is 4. The molecule has 0 aliphatic heterocycles. The number of carbonyl (C=O) groups is 1. The topological polar surface area (TPSA) is 66.7 Å². The summed E-state index contributed by atoms with van der Waals surface area (Å²) in [6.07, 6.45) is 1.93. The van der Waals surface area contributed by atoms with Gasteiger partial charge in [-0.15, -0.1) is 0 Å². The molecule has 0 saturated heterocycles. The summed E-state index contributed by atoms with van der Waals surface area (Å²) in [6, 6.07) is -0.544. The minimum atomic E-state index is -0.544. The molecule has 2 unspecified atom stereocenters. The van der Waals surface area contributed by atoms with Crippen molar-refractivity contribution >= 4 is 6.29 Å². The maximum absolute atomic E-state index is 10.1. The van der Waals surface area contributed by atoms with Crippen LogP contribution in [0.25, 0.3) is 0 Å². The molecule has 0 rings (SSSR count). The van der Waals surface area contributed by atoms with Crippen molar-refractivity contribution in [1.29, 1.82) is 0 Å². The number of nitrogens with zero attached hydrogens (tertiary/aromatic N) is 1. The van der Waals surface area contributed by atoms with E-state index >= 15 is 0 Å². The van der Waals surface area contributed by atoms with Crippen LogP contribution in [0.15, 0.2) is 5.18 Å². The van der Waals surface area contributed by atoms with E-state index in [1.54, 1.807) is 6.92 Å². The van der Waals surface area contributed by atoms with Gasteiger partial charge in [0.15, 0.2) is 0 Å². The first-order chi connectivity index (χ1) is 5.24. The summed E-state index contributed by atoms with van der Waals surface area (Å²) < 4.78 is 0. The summed E-state index contributed by atoms with van der Waals surface area (Å²) >= 11 is 0. The first-order valence-corrected chi connectivity index (χ1v) is 3.63. The number of aliphatic hydroxyl groups excluding tert-OH is 1. The van der Waals surface area contributed by atoms with Crippen LogP contribution in [-0.2, 0) is 4.79 Å². The summed E-state index contributed by atoms with van der Waals surface area (Å²) in [4.78, 5) is 20.1. The van der Waals surface area contributed by atoms with Crippen LogP contribution < -0.4 is 0 Å². The molecule has 4 nitrogen and oxygen atoms in total. The van der Waals surface area contributed by atoms with Crippen molar-refractivity contribution in [2.45, 2.75) is 25.8 Å². The van der Waals surface area contributed by atoms with Gasteiger partial charge in [0.05, 0.1) is 6.61 Å². The number of nitroso groups, excluding NO2 is 1. The van der Waals surface area contributed by atoms with E-state index in [1.807, 2.05) is 0 Å². The number of rotatable bonds is 6. The SMILES string of the molecule is CC(C=O)CCC(CO)N=O. The van der Waals surface area contributed by atoms with E-state index in [0.29, 0.717) is 12.8 Å². The molecule has 0 spiro atoms. The van der Waals surface area contributed by atoms with Crippen LogP contribution in [0.1, 0.15) is 19.8 Å². The molecule has 0 aliphatic rings. The third-order valence-electron chi connectivity index (χ3n) is 1.55. The molecule has 1 N–H and O–H groups in total. The van der Waals surface area contributed by atoms with Crippen molar-refractivity contribution < 1.29 is 9.90 Å². The molecule has 0 radical (unpaired) electrons. The molecular formula is C7H13NO3. The molecule has 0 aromatic heterocycles. The van der Waals surface area contributed by atoms with E-state index in [0.717, 1.165) is 6.29 Å². The molecule has 0 heterocycles. The number of carbonyl (C=O) groups excluding carboxylic acids is 1. The number of hydrogen-bond donors (Lipinski definition) is 1. The van der Waals surface area contributed by atoms with Gasteiger partial charge in [0.25, 0.3) is 0 Å². The standard InChI is InChI=1S/C7H13NO3/c1-6(4-9)2-3-7(5-10)8-11/h4,6-7,10H,2-3,5H2,1H3. The van der Waals surface area contributed by atoms with Crippen LogP contribution in [0.5, 0.6) is 0 Å². The Morgan fingerprint density at radius 3 is 2.55 bits per heavy atom. The Morgan fingerprint density at radius 2 is 2.18 bits per heavy atom. The van der Waals surface area contributed by atoms with Gasteiger partial charge < -0.3 is 9.90 Å². The second kappa shape index (κ2) is 5.97. The maximum Gasteiger partial charge on any atom is 0.122 e. The smallest absolute Gasteiger partial charge is 0.122 e. The minimum absolute atomic E-state index is 0.0502. The van der Waals surface area contributed by atoms with Gasteiger partial charge in [0.2, 0.25) is 0 Å². The zero-order valence-electron chi connectivity index (χ0n) is 6.56. The van der Waals surface area contributed by atoms with Crippen LogP contribution in [-0.4, -0.2) is 24.0 Å². The average molecular weight is 159 g/mol. The Balaban J connectivity index is 3.49. The average Bonchev–Trinajstić information content (AvgIpc) is 2.06. The van der Waals surface area contributed by atoms with Crippen molar-refractivity contribution in [3.8, 4) is 0 Å². The van der Waals surface area contributed by atoms with Gasteiger partial charge in [-0.05, 0) is 12.8 Å². The Bertz CT molecular complexity index is 127. The molecule has 11 heavy (non-hydrogen) atoms. The van der Waals surface area contributed by atoms with Gasteiger partial charge in [-0.3, -0.25) is 0 Å². The first kappa shape index (κ1) is 10.2. The summed E-state index contributed by atoms with van der Waals surface area (Å²) in [7, 11) is 0. The van der Waals surface area contributed by atoms with Gasteiger partial charge >= 0.3 is 0 Å². The predicted molar refractivity (Wildman–Crippen MR) is 41.1 cm³/mol. The third kappa shape index (κ3) is 4.61. The van der Waals surface area contributed by atoms with Gasteiger partial charge in [0.1, 0.15) is 12.3 Å². The molecule has 0 fully saturated rings. The molecule has 2 atom stereocenters. The second-order valence-electron chi connectivity index (χ2n) is 2.63. The highest BCUT2D eigenvalue weighted by molar-refractivity contribution is 5.52. The highest BCUT2D eigenvalue weighted by atomic mass is 16.3. The van der Waals surface area contributed by atoms with E-state index < -0.39 is 6.04 Å². The molecule has 0 amide bonds. The molecule has 64 valence electrons. The van der Waals surface area contributed by atoms with E-state index in [1.165, 1.54) is 0 Å². The monoisotopic (exact) mass is 159 g/mol. The molecule has 4 heteroatoms. The van der Waals surface area contributed by atoms with Crippen LogP contribution in [0.3, 0.4) is 0 Å². The lowest BCUT2D eigenvalue weighted by atomic mass is 10.0. The zero-order valence-corrected chi connectivity index (χ0v) is 6.56. The third-order valence-corrected chi connectivity index (χ3v) is 1.55. The van der Waals surface area contributed by atoms with Crippen molar-refractivity contribution in [2.75, 3.05) is 6.61 Å². The lowest BCUT2D eigenvalue weighted by Crippen LogP contribution is -2.11. The molecule has 0 saturated carbocycles. The van der Waals surface area contributed by atoms with E-state index in [9.17, 15) is 9.70 Å². The molecule has 0 aromatic carbocycles. The summed E-state index contributed by atoms with van der Waals surface area (Å²) in [5.41, 5.74) is 0. The fraction of sp³-hybridized carbons (Fsp3) is 0.857. The molecule has 0 bridgehead atoms. The highest BCUT2D eigenvalue weighted by Crippen LogP contribution is 2.07. The van der Waals surface area contributed by atoms with Gasteiger partial charge in [-0.25, -0.2) is 0 Å².